The van der Waals surface area contributed by atoms with E-state index >= 15 is 0 Å². The fourth-order valence-electron chi connectivity index (χ4n) is 2.62. The number of rotatable bonds is 3. The molecule has 0 aliphatic carbocycles. The number of amides is 1. The first-order valence-corrected chi connectivity index (χ1v) is 8.12. The highest BCUT2D eigenvalue weighted by molar-refractivity contribution is 6.30. The molecule has 0 atom stereocenters. The minimum atomic E-state index is -0.233. The van der Waals surface area contributed by atoms with Gasteiger partial charge in [-0.25, -0.2) is 14.8 Å². The normalized spacial score (nSPS) is 10.6. The maximum absolute atomic E-state index is 12.3. The van der Waals surface area contributed by atoms with Gasteiger partial charge >= 0.3 is 6.03 Å². The van der Waals surface area contributed by atoms with E-state index in [1.165, 1.54) is 6.33 Å². The van der Waals surface area contributed by atoms with Crippen molar-refractivity contribution in [2.24, 2.45) is 0 Å². The van der Waals surface area contributed by atoms with Crippen LogP contribution in [-0.4, -0.2) is 34.7 Å². The minimum absolute atomic E-state index is 0.233. The quantitative estimate of drug-likeness (QED) is 0.749. The molecule has 2 aromatic heterocycles. The monoisotopic (exact) mass is 355 g/mol. The maximum atomic E-state index is 12.3. The van der Waals surface area contributed by atoms with Crippen molar-refractivity contribution < 1.29 is 4.79 Å². The van der Waals surface area contributed by atoms with Crippen LogP contribution in [0.4, 0.5) is 10.6 Å². The van der Waals surface area contributed by atoms with E-state index in [1.807, 2.05) is 37.3 Å². The lowest BCUT2D eigenvalue weighted by Gasteiger charge is -2.10. The van der Waals surface area contributed by atoms with Gasteiger partial charge < -0.3 is 10.6 Å². The molecule has 1 aromatic carbocycles. The molecule has 0 saturated carbocycles. The molecule has 25 heavy (non-hydrogen) atoms. The molecule has 128 valence electrons. The van der Waals surface area contributed by atoms with Crippen LogP contribution < -0.4 is 10.6 Å². The summed E-state index contributed by atoms with van der Waals surface area (Å²) in [4.78, 5) is 20.8. The van der Waals surface area contributed by atoms with E-state index in [2.05, 4.69) is 20.6 Å². The summed E-state index contributed by atoms with van der Waals surface area (Å²) in [7, 11) is 3.39. The summed E-state index contributed by atoms with van der Waals surface area (Å²) in [5, 5.41) is 6.26. The number of anilines is 1. The Hall–Kier alpha value is -2.86. The van der Waals surface area contributed by atoms with Gasteiger partial charge in [0.2, 0.25) is 0 Å². The fraction of sp³-hybridized carbons (Fsp3) is 0.167. The van der Waals surface area contributed by atoms with Gasteiger partial charge in [0, 0.05) is 42.5 Å². The molecule has 7 heteroatoms. The second kappa shape index (κ2) is 6.94. The van der Waals surface area contributed by atoms with Crippen molar-refractivity contribution in [1.29, 1.82) is 0 Å². The summed E-state index contributed by atoms with van der Waals surface area (Å²) in [5.74, 6) is 0.707. The molecule has 6 nitrogen and oxygen atoms in total. The van der Waals surface area contributed by atoms with E-state index in [0.29, 0.717) is 10.8 Å². The van der Waals surface area contributed by atoms with Crippen molar-refractivity contribution in [2.45, 2.75) is 6.92 Å². The number of aryl methyl sites for hydroxylation is 1. The molecule has 0 saturated heterocycles. The van der Waals surface area contributed by atoms with Crippen LogP contribution in [-0.2, 0) is 0 Å². The molecule has 2 N–H and O–H groups in total. The van der Waals surface area contributed by atoms with E-state index in [1.54, 1.807) is 24.9 Å². The van der Waals surface area contributed by atoms with E-state index in [0.717, 1.165) is 28.1 Å². The van der Waals surface area contributed by atoms with Gasteiger partial charge in [0.15, 0.2) is 0 Å². The number of carbonyl (C=O) groups is 1. The van der Waals surface area contributed by atoms with Gasteiger partial charge in [0.05, 0.1) is 11.4 Å². The van der Waals surface area contributed by atoms with Crippen LogP contribution >= 0.6 is 11.6 Å². The van der Waals surface area contributed by atoms with Crippen LogP contribution in [0.3, 0.4) is 0 Å². The molecule has 0 spiro atoms. The molecule has 3 rings (SSSR count). The molecule has 1 amide bonds. The first-order valence-electron chi connectivity index (χ1n) is 7.74. The number of hydrogen-bond acceptors (Lipinski definition) is 4. The maximum Gasteiger partial charge on any atom is 0.325 e. The summed E-state index contributed by atoms with van der Waals surface area (Å²) in [5.41, 5.74) is 4.21. The van der Waals surface area contributed by atoms with Crippen molar-refractivity contribution >= 4 is 23.4 Å². The predicted octanol–water partition coefficient (Wildman–Crippen LogP) is 3.80. The SMILES string of the molecule is CNC(=O)n1cc(-c2cc(NC)ncn2)cc1-c1cc(Cl)ccc1C. The Kier molecular flexibility index (Phi) is 4.72. The zero-order valence-electron chi connectivity index (χ0n) is 14.2. The molecule has 2 heterocycles. The zero-order chi connectivity index (χ0) is 18.0. The first-order chi connectivity index (χ1) is 12.0. The molecule has 0 unspecified atom stereocenters. The van der Waals surface area contributed by atoms with E-state index in [-0.39, 0.29) is 6.03 Å². The van der Waals surface area contributed by atoms with Crippen LogP contribution in [0.5, 0.6) is 0 Å². The molecule has 0 aliphatic rings. The Morgan fingerprint density at radius 2 is 1.96 bits per heavy atom. The minimum Gasteiger partial charge on any atom is -0.373 e. The fourth-order valence-corrected chi connectivity index (χ4v) is 2.79. The lowest BCUT2D eigenvalue weighted by atomic mass is 10.1. The summed E-state index contributed by atoms with van der Waals surface area (Å²) >= 11 is 6.16. The van der Waals surface area contributed by atoms with Gasteiger partial charge in [-0.1, -0.05) is 17.7 Å². The van der Waals surface area contributed by atoms with Gasteiger partial charge in [-0.05, 0) is 30.7 Å². The van der Waals surface area contributed by atoms with Crippen LogP contribution in [0, 0.1) is 6.92 Å². The lowest BCUT2D eigenvalue weighted by molar-refractivity contribution is 0.245. The molecule has 0 fully saturated rings. The first kappa shape index (κ1) is 17.0. The molecule has 3 aromatic rings. The molecule has 0 radical (unpaired) electrons. The van der Waals surface area contributed by atoms with E-state index in [9.17, 15) is 4.79 Å². The number of nitrogens with zero attached hydrogens (tertiary/aromatic N) is 3. The third kappa shape index (κ3) is 3.34. The zero-order valence-corrected chi connectivity index (χ0v) is 14.9. The summed E-state index contributed by atoms with van der Waals surface area (Å²) in [6.07, 6.45) is 3.25. The lowest BCUT2D eigenvalue weighted by Crippen LogP contribution is -2.24. The Labute approximate surface area is 150 Å². The molecule has 0 aliphatic heterocycles. The highest BCUT2D eigenvalue weighted by Crippen LogP contribution is 2.31. The molecular formula is C18H18ClN5O. The Morgan fingerprint density at radius 3 is 2.68 bits per heavy atom. The highest BCUT2D eigenvalue weighted by Gasteiger charge is 2.16. The van der Waals surface area contributed by atoms with Crippen LogP contribution in [0.15, 0.2) is 42.9 Å². The Morgan fingerprint density at radius 1 is 1.16 bits per heavy atom. The van der Waals surface area contributed by atoms with Gasteiger partial charge in [-0.15, -0.1) is 0 Å². The van der Waals surface area contributed by atoms with Crippen molar-refractivity contribution in [1.82, 2.24) is 19.9 Å². The van der Waals surface area contributed by atoms with Crippen LogP contribution in [0.25, 0.3) is 22.5 Å². The van der Waals surface area contributed by atoms with E-state index < -0.39 is 0 Å². The van der Waals surface area contributed by atoms with Gasteiger partial charge in [0.1, 0.15) is 12.1 Å². The van der Waals surface area contributed by atoms with E-state index in [4.69, 9.17) is 11.6 Å². The number of hydrogen-bond donors (Lipinski definition) is 2. The van der Waals surface area contributed by atoms with Crippen LogP contribution in [0.1, 0.15) is 5.56 Å². The van der Waals surface area contributed by atoms with Gasteiger partial charge in [-0.2, -0.15) is 0 Å². The second-order valence-electron chi connectivity index (χ2n) is 5.54. The van der Waals surface area contributed by atoms with Crippen molar-refractivity contribution in [3.05, 3.63) is 53.4 Å². The topological polar surface area (TPSA) is 71.8 Å². The van der Waals surface area contributed by atoms with Gasteiger partial charge in [-0.3, -0.25) is 4.57 Å². The number of carbonyl (C=O) groups excluding carboxylic acids is 1. The highest BCUT2D eigenvalue weighted by atomic mass is 35.5. The number of benzene rings is 1. The van der Waals surface area contributed by atoms with Crippen molar-refractivity contribution in [2.75, 3.05) is 19.4 Å². The summed E-state index contributed by atoms with van der Waals surface area (Å²) in [6, 6.07) is 9.14. The van der Waals surface area contributed by atoms with Crippen molar-refractivity contribution in [3.8, 4) is 22.5 Å². The average Bonchev–Trinajstić information content (AvgIpc) is 3.08. The molecule has 0 bridgehead atoms. The number of nitrogens with one attached hydrogen (secondary N) is 2. The second-order valence-corrected chi connectivity index (χ2v) is 5.97. The molecular weight excluding hydrogens is 338 g/mol. The average molecular weight is 356 g/mol. The summed E-state index contributed by atoms with van der Waals surface area (Å²) < 4.78 is 1.56. The largest absolute Gasteiger partial charge is 0.373 e. The number of aromatic nitrogens is 3. The predicted molar refractivity (Wildman–Crippen MR) is 100 cm³/mol. The number of halogens is 1. The Bertz CT molecular complexity index is 935. The standard InChI is InChI=1S/C18H18ClN5O/c1-11-4-5-13(19)7-14(11)16-6-12(9-24(16)18(25)21-3)15-8-17(20-2)23-10-22-15/h4-10H,1-3H3,(H,21,25)(H,20,22,23). The van der Waals surface area contributed by atoms with Crippen molar-refractivity contribution in [3.63, 3.8) is 0 Å². The summed E-state index contributed by atoms with van der Waals surface area (Å²) in [6.45, 7) is 1.98. The third-order valence-electron chi connectivity index (χ3n) is 3.95. The van der Waals surface area contributed by atoms with Gasteiger partial charge in [0.25, 0.3) is 0 Å². The third-order valence-corrected chi connectivity index (χ3v) is 4.18. The van der Waals surface area contributed by atoms with Crippen LogP contribution in [0.2, 0.25) is 5.02 Å². The Balaban J connectivity index is 2.19. The smallest absolute Gasteiger partial charge is 0.325 e.